The lowest BCUT2D eigenvalue weighted by molar-refractivity contribution is 0.0305. The molecule has 0 spiro atoms. The van der Waals surface area contributed by atoms with Gasteiger partial charge in [-0.3, -0.25) is 0 Å². The highest BCUT2D eigenvalue weighted by Crippen LogP contribution is 2.31. The van der Waals surface area contributed by atoms with E-state index in [1.54, 1.807) is 0 Å². The Morgan fingerprint density at radius 2 is 1.75 bits per heavy atom. The molecule has 4 heteroatoms. The Labute approximate surface area is 92.9 Å². The first-order chi connectivity index (χ1) is 7.25. The quantitative estimate of drug-likeness (QED) is 0.792. The summed E-state index contributed by atoms with van der Waals surface area (Å²) in [6, 6.07) is 1.90. The molecule has 16 heavy (non-hydrogen) atoms. The molecule has 0 aromatic heterocycles. The molecule has 0 fully saturated rings. The van der Waals surface area contributed by atoms with Gasteiger partial charge in [0.05, 0.1) is 5.60 Å². The third-order valence-corrected chi connectivity index (χ3v) is 2.42. The van der Waals surface area contributed by atoms with Gasteiger partial charge in [-0.15, -0.1) is 0 Å². The zero-order chi connectivity index (χ0) is 12.5. The van der Waals surface area contributed by atoms with Crippen molar-refractivity contribution >= 4 is 0 Å². The highest BCUT2D eigenvalue weighted by atomic mass is 19.2. The second-order valence-electron chi connectivity index (χ2n) is 4.59. The first-order valence-corrected chi connectivity index (χ1v) is 5.12. The van der Waals surface area contributed by atoms with Gasteiger partial charge >= 0.3 is 0 Å². The molecule has 1 atom stereocenters. The van der Waals surface area contributed by atoms with Crippen LogP contribution >= 0.6 is 0 Å². The van der Waals surface area contributed by atoms with Crippen molar-refractivity contribution in [2.75, 3.05) is 0 Å². The Kier molecular flexibility index (Phi) is 3.63. The van der Waals surface area contributed by atoms with E-state index in [4.69, 9.17) is 0 Å². The van der Waals surface area contributed by atoms with Crippen LogP contribution in [0.1, 0.15) is 32.8 Å². The number of benzene rings is 1. The van der Waals surface area contributed by atoms with E-state index in [1.165, 1.54) is 6.92 Å². The van der Waals surface area contributed by atoms with Gasteiger partial charge in [-0.25, -0.2) is 13.2 Å². The van der Waals surface area contributed by atoms with Crippen LogP contribution in [0.25, 0.3) is 0 Å². The Morgan fingerprint density at radius 1 is 1.19 bits per heavy atom. The fourth-order valence-corrected chi connectivity index (χ4v) is 1.85. The van der Waals surface area contributed by atoms with Crippen molar-refractivity contribution < 1.29 is 18.3 Å². The fourth-order valence-electron chi connectivity index (χ4n) is 1.85. The molecule has 0 heterocycles. The van der Waals surface area contributed by atoms with E-state index in [9.17, 15) is 18.3 Å². The average Bonchev–Trinajstić information content (AvgIpc) is 2.11. The molecule has 0 aliphatic carbocycles. The maximum Gasteiger partial charge on any atom is 0.194 e. The zero-order valence-corrected chi connectivity index (χ0v) is 9.52. The van der Waals surface area contributed by atoms with E-state index < -0.39 is 23.1 Å². The van der Waals surface area contributed by atoms with Crippen molar-refractivity contribution in [3.63, 3.8) is 0 Å². The molecule has 1 unspecified atom stereocenters. The number of hydrogen-bond acceptors (Lipinski definition) is 1. The monoisotopic (exact) mass is 232 g/mol. The van der Waals surface area contributed by atoms with E-state index in [2.05, 4.69) is 0 Å². The van der Waals surface area contributed by atoms with Crippen LogP contribution in [0.5, 0.6) is 0 Å². The number of hydrogen-bond donors (Lipinski definition) is 1. The van der Waals surface area contributed by atoms with Gasteiger partial charge in [-0.05, 0) is 25.3 Å². The third-order valence-electron chi connectivity index (χ3n) is 2.42. The van der Waals surface area contributed by atoms with Crippen LogP contribution in [0.4, 0.5) is 13.2 Å². The van der Waals surface area contributed by atoms with Gasteiger partial charge in [0.15, 0.2) is 17.5 Å². The summed E-state index contributed by atoms with van der Waals surface area (Å²) in [5, 5.41) is 10.0. The largest absolute Gasteiger partial charge is 0.385 e. The summed E-state index contributed by atoms with van der Waals surface area (Å²) in [4.78, 5) is 0. The van der Waals surface area contributed by atoms with E-state index in [1.807, 2.05) is 13.8 Å². The van der Waals surface area contributed by atoms with Gasteiger partial charge in [0.25, 0.3) is 0 Å². The SMILES string of the molecule is CC(C)CC(C)(O)c1ccc(F)c(F)c1F. The average molecular weight is 232 g/mol. The summed E-state index contributed by atoms with van der Waals surface area (Å²) < 4.78 is 39.1. The Morgan fingerprint density at radius 3 is 2.25 bits per heavy atom. The summed E-state index contributed by atoms with van der Waals surface area (Å²) in [5.41, 5.74) is -1.70. The molecule has 0 aliphatic rings. The molecule has 0 bridgehead atoms. The number of rotatable bonds is 3. The fraction of sp³-hybridized carbons (Fsp3) is 0.500. The molecule has 90 valence electrons. The van der Waals surface area contributed by atoms with E-state index in [0.717, 1.165) is 12.1 Å². The van der Waals surface area contributed by atoms with E-state index >= 15 is 0 Å². The molecule has 0 aliphatic heterocycles. The lowest BCUT2D eigenvalue weighted by atomic mass is 9.87. The second kappa shape index (κ2) is 4.45. The molecule has 1 N–H and O–H groups in total. The smallest absolute Gasteiger partial charge is 0.194 e. The lowest BCUT2D eigenvalue weighted by Crippen LogP contribution is -2.25. The Balaban J connectivity index is 3.18. The zero-order valence-electron chi connectivity index (χ0n) is 9.52. The van der Waals surface area contributed by atoms with Crippen molar-refractivity contribution in [3.05, 3.63) is 35.1 Å². The molecule has 1 aromatic carbocycles. The summed E-state index contributed by atoms with van der Waals surface area (Å²) in [5.74, 6) is -3.99. The maximum absolute atomic E-state index is 13.4. The summed E-state index contributed by atoms with van der Waals surface area (Å²) >= 11 is 0. The molecule has 1 rings (SSSR count). The van der Waals surface area contributed by atoms with Crippen LogP contribution < -0.4 is 0 Å². The number of halogens is 3. The molecular formula is C12H15F3O. The predicted molar refractivity (Wildman–Crippen MR) is 55.3 cm³/mol. The van der Waals surface area contributed by atoms with Crippen molar-refractivity contribution in [2.24, 2.45) is 5.92 Å². The molecule has 0 saturated heterocycles. The molecule has 0 amide bonds. The first-order valence-electron chi connectivity index (χ1n) is 5.12. The first kappa shape index (κ1) is 13.0. The minimum Gasteiger partial charge on any atom is -0.385 e. The lowest BCUT2D eigenvalue weighted by Gasteiger charge is -2.26. The minimum absolute atomic E-state index is 0.113. The van der Waals surface area contributed by atoms with Gasteiger partial charge in [0, 0.05) is 5.56 Å². The van der Waals surface area contributed by atoms with Crippen LogP contribution in [-0.4, -0.2) is 5.11 Å². The molecule has 1 aromatic rings. The maximum atomic E-state index is 13.4. The van der Waals surface area contributed by atoms with Crippen molar-refractivity contribution in [2.45, 2.75) is 32.8 Å². The van der Waals surface area contributed by atoms with Gasteiger partial charge in [0.2, 0.25) is 0 Å². The summed E-state index contributed by atoms with van der Waals surface area (Å²) in [6.45, 7) is 5.10. The standard InChI is InChI=1S/C12H15F3O/c1-7(2)6-12(3,16)8-4-5-9(13)11(15)10(8)14/h4-5,7,16H,6H2,1-3H3. The van der Waals surface area contributed by atoms with Gasteiger partial charge in [-0.2, -0.15) is 0 Å². The van der Waals surface area contributed by atoms with E-state index in [0.29, 0.717) is 0 Å². The van der Waals surface area contributed by atoms with Gasteiger partial charge in [0.1, 0.15) is 0 Å². The topological polar surface area (TPSA) is 20.2 Å². The molecule has 1 nitrogen and oxygen atoms in total. The van der Waals surface area contributed by atoms with Gasteiger partial charge in [-0.1, -0.05) is 19.9 Å². The second-order valence-corrected chi connectivity index (χ2v) is 4.59. The Bertz CT molecular complexity index is 386. The van der Waals surface area contributed by atoms with Crippen LogP contribution in [0.3, 0.4) is 0 Å². The van der Waals surface area contributed by atoms with Crippen molar-refractivity contribution in [1.29, 1.82) is 0 Å². The van der Waals surface area contributed by atoms with Crippen molar-refractivity contribution in [1.82, 2.24) is 0 Å². The van der Waals surface area contributed by atoms with E-state index in [-0.39, 0.29) is 17.9 Å². The normalized spacial score (nSPS) is 15.2. The highest BCUT2D eigenvalue weighted by molar-refractivity contribution is 5.25. The summed E-state index contributed by atoms with van der Waals surface area (Å²) in [7, 11) is 0. The third kappa shape index (κ3) is 2.55. The highest BCUT2D eigenvalue weighted by Gasteiger charge is 2.29. The predicted octanol–water partition coefficient (Wildman–Crippen LogP) is 3.36. The molecule has 0 saturated carbocycles. The summed E-state index contributed by atoms with van der Waals surface area (Å²) in [6.07, 6.45) is 0.273. The van der Waals surface area contributed by atoms with Crippen LogP contribution in [0.15, 0.2) is 12.1 Å². The van der Waals surface area contributed by atoms with Crippen LogP contribution in [-0.2, 0) is 5.60 Å². The molecule has 0 radical (unpaired) electrons. The Hall–Kier alpha value is -1.03. The minimum atomic E-state index is -1.54. The van der Waals surface area contributed by atoms with Crippen molar-refractivity contribution in [3.8, 4) is 0 Å². The van der Waals surface area contributed by atoms with Crippen LogP contribution in [0.2, 0.25) is 0 Å². The van der Waals surface area contributed by atoms with Gasteiger partial charge < -0.3 is 5.11 Å². The number of aliphatic hydroxyl groups is 1. The molecular weight excluding hydrogens is 217 g/mol. The van der Waals surface area contributed by atoms with Crippen LogP contribution in [0, 0.1) is 23.4 Å².